The maximum Gasteiger partial charge on any atom is 0.251 e. The molecule has 0 aliphatic heterocycles. The maximum absolute atomic E-state index is 12.8. The van der Waals surface area contributed by atoms with Gasteiger partial charge >= 0.3 is 0 Å². The quantitative estimate of drug-likeness (QED) is 0.448. The van der Waals surface area contributed by atoms with E-state index in [1.165, 1.54) is 19.3 Å². The summed E-state index contributed by atoms with van der Waals surface area (Å²) in [5, 5.41) is 3.23. The number of carbonyl (C=O) groups is 1. The highest BCUT2D eigenvalue weighted by molar-refractivity contribution is 5.94. The molecular formula is C24H31N3O. The number of amides is 1. The highest BCUT2D eigenvalue weighted by atomic mass is 16.1. The Bertz CT molecular complexity index is 885. The zero-order chi connectivity index (χ0) is 19.8. The van der Waals surface area contributed by atoms with Gasteiger partial charge in [0, 0.05) is 12.1 Å². The summed E-state index contributed by atoms with van der Waals surface area (Å²) in [6, 6.07) is 17.6. The first-order valence-electron chi connectivity index (χ1n) is 10.6. The van der Waals surface area contributed by atoms with Crippen molar-refractivity contribution in [1.29, 1.82) is 0 Å². The molecule has 1 amide bonds. The van der Waals surface area contributed by atoms with Crippen LogP contribution in [0.3, 0.4) is 0 Å². The molecule has 3 rings (SSSR count). The van der Waals surface area contributed by atoms with Gasteiger partial charge in [0.25, 0.3) is 5.91 Å². The van der Waals surface area contributed by atoms with Gasteiger partial charge in [0.1, 0.15) is 5.82 Å². The molecule has 0 aliphatic rings. The lowest BCUT2D eigenvalue weighted by Crippen LogP contribution is -2.30. The van der Waals surface area contributed by atoms with E-state index in [0.717, 1.165) is 42.7 Å². The van der Waals surface area contributed by atoms with E-state index >= 15 is 0 Å². The molecule has 4 nitrogen and oxygen atoms in total. The van der Waals surface area contributed by atoms with Gasteiger partial charge in [-0.05, 0) is 37.1 Å². The summed E-state index contributed by atoms with van der Waals surface area (Å²) in [5.41, 5.74) is 2.85. The minimum absolute atomic E-state index is 0.0383. The number of benzene rings is 2. The average molecular weight is 378 g/mol. The second-order valence-corrected chi connectivity index (χ2v) is 7.35. The molecule has 4 heteroatoms. The van der Waals surface area contributed by atoms with Crippen LogP contribution >= 0.6 is 0 Å². The van der Waals surface area contributed by atoms with Gasteiger partial charge in [-0.2, -0.15) is 0 Å². The minimum Gasteiger partial charge on any atom is -0.342 e. The van der Waals surface area contributed by atoms with Crippen LogP contribution in [0.5, 0.6) is 0 Å². The summed E-state index contributed by atoms with van der Waals surface area (Å²) >= 11 is 0. The highest BCUT2D eigenvalue weighted by Gasteiger charge is 2.22. The number of unbranched alkanes of at least 4 members (excludes halogenated alkanes) is 3. The Kier molecular flexibility index (Phi) is 7.24. The van der Waals surface area contributed by atoms with Crippen molar-refractivity contribution >= 4 is 16.9 Å². The van der Waals surface area contributed by atoms with Gasteiger partial charge in [0.2, 0.25) is 0 Å². The summed E-state index contributed by atoms with van der Waals surface area (Å²) in [7, 11) is 0. The van der Waals surface area contributed by atoms with E-state index in [4.69, 9.17) is 4.98 Å². The van der Waals surface area contributed by atoms with E-state index in [1.54, 1.807) is 0 Å². The van der Waals surface area contributed by atoms with E-state index in [9.17, 15) is 4.79 Å². The van der Waals surface area contributed by atoms with Crippen molar-refractivity contribution in [2.45, 2.75) is 65.0 Å². The zero-order valence-electron chi connectivity index (χ0n) is 17.0. The van der Waals surface area contributed by atoms with Gasteiger partial charge in [-0.1, -0.05) is 69.9 Å². The maximum atomic E-state index is 12.8. The van der Waals surface area contributed by atoms with Crippen LogP contribution in [0.4, 0.5) is 0 Å². The number of fused-ring (bicyclic) bond motifs is 1. The van der Waals surface area contributed by atoms with E-state index in [1.807, 2.05) is 36.4 Å². The van der Waals surface area contributed by atoms with Crippen molar-refractivity contribution in [3.05, 3.63) is 66.0 Å². The number of para-hydroxylation sites is 2. The van der Waals surface area contributed by atoms with Gasteiger partial charge in [0.05, 0.1) is 17.1 Å². The first-order chi connectivity index (χ1) is 13.7. The second kappa shape index (κ2) is 10.1. The molecule has 0 aliphatic carbocycles. The number of aryl methyl sites for hydroxylation is 1. The fraction of sp³-hybridized carbons (Fsp3) is 0.417. The molecular weight excluding hydrogens is 346 g/mol. The number of nitrogens with zero attached hydrogens (tertiary/aromatic N) is 2. The predicted molar refractivity (Wildman–Crippen MR) is 115 cm³/mol. The molecule has 3 aromatic rings. The van der Waals surface area contributed by atoms with Gasteiger partial charge < -0.3 is 9.88 Å². The smallest absolute Gasteiger partial charge is 0.251 e. The van der Waals surface area contributed by atoms with Crippen LogP contribution in [-0.4, -0.2) is 15.5 Å². The van der Waals surface area contributed by atoms with Crippen molar-refractivity contribution in [1.82, 2.24) is 14.9 Å². The average Bonchev–Trinajstić information content (AvgIpc) is 3.10. The normalized spacial score (nSPS) is 12.2. The molecule has 0 spiro atoms. The molecule has 1 N–H and O–H groups in total. The van der Waals surface area contributed by atoms with Crippen LogP contribution in [0.15, 0.2) is 54.6 Å². The fourth-order valence-corrected chi connectivity index (χ4v) is 3.68. The number of hydrogen-bond donors (Lipinski definition) is 1. The third-order valence-corrected chi connectivity index (χ3v) is 5.15. The summed E-state index contributed by atoms with van der Waals surface area (Å²) in [5.74, 6) is 0.937. The summed E-state index contributed by atoms with van der Waals surface area (Å²) < 4.78 is 2.32. The van der Waals surface area contributed by atoms with Crippen LogP contribution < -0.4 is 5.32 Å². The number of imidazole rings is 1. The Morgan fingerprint density at radius 2 is 1.71 bits per heavy atom. The lowest BCUT2D eigenvalue weighted by Gasteiger charge is -2.20. The Morgan fingerprint density at radius 1 is 0.964 bits per heavy atom. The summed E-state index contributed by atoms with van der Waals surface area (Å²) in [6.07, 6.45) is 6.69. The Labute approximate surface area is 168 Å². The molecule has 2 aromatic carbocycles. The first kappa shape index (κ1) is 20.1. The van der Waals surface area contributed by atoms with Crippen LogP contribution in [0.1, 0.15) is 74.6 Å². The topological polar surface area (TPSA) is 46.9 Å². The molecule has 0 fully saturated rings. The fourth-order valence-electron chi connectivity index (χ4n) is 3.68. The zero-order valence-corrected chi connectivity index (χ0v) is 17.0. The lowest BCUT2D eigenvalue weighted by molar-refractivity contribution is 0.0932. The van der Waals surface area contributed by atoms with Crippen molar-refractivity contribution in [2.75, 3.05) is 0 Å². The second-order valence-electron chi connectivity index (χ2n) is 7.35. The number of carbonyl (C=O) groups excluding carboxylic acids is 1. The highest BCUT2D eigenvalue weighted by Crippen LogP contribution is 2.25. The van der Waals surface area contributed by atoms with Crippen LogP contribution in [0.2, 0.25) is 0 Å². The Balaban J connectivity index is 1.89. The SMILES string of the molecule is CCCCCCn1c([C@H](CCC)NC(=O)c2ccccc2)nc2ccccc21. The van der Waals surface area contributed by atoms with E-state index in [-0.39, 0.29) is 11.9 Å². The van der Waals surface area contributed by atoms with E-state index in [0.29, 0.717) is 5.56 Å². The molecule has 0 bridgehead atoms. The molecule has 0 radical (unpaired) electrons. The number of rotatable bonds is 10. The molecule has 0 unspecified atom stereocenters. The Hall–Kier alpha value is -2.62. The molecule has 1 atom stereocenters. The van der Waals surface area contributed by atoms with Gasteiger partial charge in [-0.25, -0.2) is 4.98 Å². The standard InChI is InChI=1S/C24H31N3O/c1-3-5-6-12-18-27-22-17-11-10-16-20(22)25-23(27)21(13-4-2)26-24(28)19-14-8-7-9-15-19/h7-11,14-17,21H,3-6,12-13,18H2,1-2H3,(H,26,28)/t21-/m0/s1. The van der Waals surface area contributed by atoms with Crippen molar-refractivity contribution in [2.24, 2.45) is 0 Å². The summed E-state index contributed by atoms with van der Waals surface area (Å²) in [4.78, 5) is 17.7. The van der Waals surface area contributed by atoms with Crippen LogP contribution in [0, 0.1) is 0 Å². The number of aromatic nitrogens is 2. The third-order valence-electron chi connectivity index (χ3n) is 5.15. The van der Waals surface area contributed by atoms with Gasteiger partial charge in [-0.3, -0.25) is 4.79 Å². The van der Waals surface area contributed by atoms with Crippen molar-refractivity contribution < 1.29 is 4.79 Å². The van der Waals surface area contributed by atoms with Crippen LogP contribution in [-0.2, 0) is 6.54 Å². The van der Waals surface area contributed by atoms with Gasteiger partial charge in [0.15, 0.2) is 0 Å². The van der Waals surface area contributed by atoms with E-state index in [2.05, 4.69) is 41.9 Å². The third kappa shape index (κ3) is 4.80. The van der Waals surface area contributed by atoms with Crippen molar-refractivity contribution in [3.63, 3.8) is 0 Å². The van der Waals surface area contributed by atoms with E-state index < -0.39 is 0 Å². The minimum atomic E-state index is -0.0868. The van der Waals surface area contributed by atoms with Crippen molar-refractivity contribution in [3.8, 4) is 0 Å². The summed E-state index contributed by atoms with van der Waals surface area (Å²) in [6.45, 7) is 5.32. The Morgan fingerprint density at radius 3 is 2.46 bits per heavy atom. The molecule has 1 aromatic heterocycles. The molecule has 28 heavy (non-hydrogen) atoms. The number of hydrogen-bond acceptors (Lipinski definition) is 2. The lowest BCUT2D eigenvalue weighted by atomic mass is 10.1. The largest absolute Gasteiger partial charge is 0.342 e. The molecule has 0 saturated heterocycles. The van der Waals surface area contributed by atoms with Gasteiger partial charge in [-0.15, -0.1) is 0 Å². The van der Waals surface area contributed by atoms with Crippen LogP contribution in [0.25, 0.3) is 11.0 Å². The molecule has 148 valence electrons. The first-order valence-corrected chi connectivity index (χ1v) is 10.6. The predicted octanol–water partition coefficient (Wildman–Crippen LogP) is 5.89. The number of nitrogens with one attached hydrogen (secondary N) is 1. The molecule has 1 heterocycles. The molecule has 0 saturated carbocycles. The monoisotopic (exact) mass is 377 g/mol.